The number of amides is 1. The van der Waals surface area contributed by atoms with Crippen LogP contribution in [0, 0.1) is 5.41 Å². The highest BCUT2D eigenvalue weighted by Gasteiger charge is 2.43. The fraction of sp³-hybridized carbons (Fsp3) is 0.929. The number of carbonyl (C=O) groups excluding carboxylic acids is 1. The van der Waals surface area contributed by atoms with Crippen molar-refractivity contribution in [3.05, 3.63) is 0 Å². The van der Waals surface area contributed by atoms with Crippen LogP contribution in [-0.4, -0.2) is 49.7 Å². The molecule has 104 valence electrons. The summed E-state index contributed by atoms with van der Waals surface area (Å²) in [6.07, 6.45) is 4.84. The lowest BCUT2D eigenvalue weighted by Gasteiger charge is -2.35. The maximum Gasteiger partial charge on any atom is 0.248 e. The summed E-state index contributed by atoms with van der Waals surface area (Å²) in [5.41, 5.74) is 0.531. The number of rotatable bonds is 5. The van der Waals surface area contributed by atoms with E-state index in [0.29, 0.717) is 17.5 Å². The quantitative estimate of drug-likeness (QED) is 0.806. The Balaban J connectivity index is 1.71. The highest BCUT2D eigenvalue weighted by atomic mass is 16.5. The Hall–Kier alpha value is -0.610. The molecule has 4 heteroatoms. The molecule has 2 aliphatic rings. The van der Waals surface area contributed by atoms with Gasteiger partial charge in [0.25, 0.3) is 0 Å². The van der Waals surface area contributed by atoms with Crippen LogP contribution in [0.2, 0.25) is 0 Å². The minimum absolute atomic E-state index is 0.123. The number of piperidine rings is 1. The number of nitrogens with one attached hydrogen (secondary N) is 1. The van der Waals surface area contributed by atoms with Crippen LogP contribution < -0.4 is 5.32 Å². The third kappa shape index (κ3) is 3.23. The maximum atomic E-state index is 11.7. The summed E-state index contributed by atoms with van der Waals surface area (Å²) in [6, 6.07) is 1.17. The molecule has 0 aromatic rings. The number of ether oxygens (including phenoxy) is 1. The summed E-state index contributed by atoms with van der Waals surface area (Å²) in [4.78, 5) is 13.6. The molecule has 1 unspecified atom stereocenters. The Labute approximate surface area is 110 Å². The number of nitrogens with zero attached hydrogens (tertiary/aromatic N) is 1. The molecule has 1 aliphatic heterocycles. The van der Waals surface area contributed by atoms with E-state index in [1.807, 2.05) is 4.90 Å². The summed E-state index contributed by atoms with van der Waals surface area (Å²) in [6.45, 7) is 6.61. The zero-order valence-electron chi connectivity index (χ0n) is 11.9. The van der Waals surface area contributed by atoms with Gasteiger partial charge in [-0.15, -0.1) is 0 Å². The fourth-order valence-electron chi connectivity index (χ4n) is 2.70. The van der Waals surface area contributed by atoms with Crippen LogP contribution in [0.4, 0.5) is 0 Å². The molecule has 1 amide bonds. The van der Waals surface area contributed by atoms with Crippen molar-refractivity contribution in [2.45, 2.75) is 51.6 Å². The number of hydrogen-bond acceptors (Lipinski definition) is 3. The van der Waals surface area contributed by atoms with Crippen molar-refractivity contribution in [3.8, 4) is 0 Å². The Morgan fingerprint density at radius 1 is 1.44 bits per heavy atom. The zero-order valence-corrected chi connectivity index (χ0v) is 11.9. The first-order valence-corrected chi connectivity index (χ1v) is 7.08. The molecular formula is C14H26N2O2. The molecule has 0 aromatic carbocycles. The fourth-order valence-corrected chi connectivity index (χ4v) is 2.70. The largest absolute Gasteiger partial charge is 0.375 e. The van der Waals surface area contributed by atoms with Crippen molar-refractivity contribution in [2.24, 2.45) is 5.41 Å². The second kappa shape index (κ2) is 5.57. The van der Waals surface area contributed by atoms with E-state index in [4.69, 9.17) is 4.74 Å². The molecular weight excluding hydrogens is 228 g/mol. The molecule has 0 bridgehead atoms. The third-order valence-electron chi connectivity index (χ3n) is 4.69. The van der Waals surface area contributed by atoms with Gasteiger partial charge in [-0.2, -0.15) is 0 Å². The third-order valence-corrected chi connectivity index (χ3v) is 4.69. The smallest absolute Gasteiger partial charge is 0.248 e. The monoisotopic (exact) mass is 254 g/mol. The van der Waals surface area contributed by atoms with Crippen molar-refractivity contribution in [1.82, 2.24) is 10.2 Å². The topological polar surface area (TPSA) is 41.6 Å². The molecule has 2 rings (SSSR count). The van der Waals surface area contributed by atoms with Crippen molar-refractivity contribution < 1.29 is 9.53 Å². The van der Waals surface area contributed by atoms with Crippen LogP contribution in [-0.2, 0) is 9.53 Å². The second-order valence-electron chi connectivity index (χ2n) is 6.13. The van der Waals surface area contributed by atoms with E-state index in [1.165, 1.54) is 12.8 Å². The molecule has 0 aromatic heterocycles. The lowest BCUT2D eigenvalue weighted by molar-refractivity contribution is -0.136. The molecule has 1 saturated heterocycles. The minimum atomic E-state index is 0.123. The molecule has 0 radical (unpaired) electrons. The number of likely N-dealkylation sites (tertiary alicyclic amines) is 1. The van der Waals surface area contributed by atoms with Gasteiger partial charge in [0.15, 0.2) is 0 Å². The van der Waals surface area contributed by atoms with Crippen LogP contribution in [0.5, 0.6) is 0 Å². The van der Waals surface area contributed by atoms with Gasteiger partial charge in [-0.1, -0.05) is 6.92 Å². The average molecular weight is 254 g/mol. The SMILES string of the molecule is COCC(=O)N1CCC(NC(C)C2(C)CC2)CC1. The Morgan fingerprint density at radius 3 is 2.56 bits per heavy atom. The molecule has 0 spiro atoms. The van der Waals surface area contributed by atoms with E-state index in [2.05, 4.69) is 19.2 Å². The van der Waals surface area contributed by atoms with E-state index in [-0.39, 0.29) is 12.5 Å². The average Bonchev–Trinajstić information content (AvgIpc) is 3.10. The van der Waals surface area contributed by atoms with Crippen LogP contribution >= 0.6 is 0 Å². The zero-order chi connectivity index (χ0) is 13.2. The van der Waals surface area contributed by atoms with Gasteiger partial charge in [0.1, 0.15) is 6.61 Å². The van der Waals surface area contributed by atoms with Crippen molar-refractivity contribution in [2.75, 3.05) is 26.8 Å². The van der Waals surface area contributed by atoms with E-state index in [9.17, 15) is 4.79 Å². The van der Waals surface area contributed by atoms with Crippen molar-refractivity contribution in [1.29, 1.82) is 0 Å². The number of carbonyl (C=O) groups is 1. The van der Waals surface area contributed by atoms with Crippen LogP contribution in [0.15, 0.2) is 0 Å². The normalized spacial score (nSPS) is 24.9. The molecule has 1 heterocycles. The highest BCUT2D eigenvalue weighted by Crippen LogP contribution is 2.48. The van der Waals surface area contributed by atoms with Crippen molar-refractivity contribution in [3.63, 3.8) is 0 Å². The van der Waals surface area contributed by atoms with Gasteiger partial charge in [-0.05, 0) is 38.0 Å². The first-order valence-electron chi connectivity index (χ1n) is 7.08. The molecule has 2 fully saturated rings. The predicted octanol–water partition coefficient (Wildman–Crippen LogP) is 1.40. The van der Waals surface area contributed by atoms with E-state index in [0.717, 1.165) is 25.9 Å². The first kappa shape index (κ1) is 13.8. The number of methoxy groups -OCH3 is 1. The maximum absolute atomic E-state index is 11.7. The highest BCUT2D eigenvalue weighted by molar-refractivity contribution is 5.77. The molecule has 18 heavy (non-hydrogen) atoms. The van der Waals surface area contributed by atoms with Gasteiger partial charge in [0.2, 0.25) is 5.91 Å². The lowest BCUT2D eigenvalue weighted by atomic mass is 9.97. The summed E-state index contributed by atoms with van der Waals surface area (Å²) >= 11 is 0. The van der Waals surface area contributed by atoms with Gasteiger partial charge in [-0.25, -0.2) is 0 Å². The molecule has 1 atom stereocenters. The van der Waals surface area contributed by atoms with Gasteiger partial charge in [0.05, 0.1) is 0 Å². The van der Waals surface area contributed by atoms with E-state index < -0.39 is 0 Å². The minimum Gasteiger partial charge on any atom is -0.375 e. The summed E-state index contributed by atoms with van der Waals surface area (Å²) < 4.78 is 4.89. The second-order valence-corrected chi connectivity index (χ2v) is 6.13. The van der Waals surface area contributed by atoms with Crippen LogP contribution in [0.3, 0.4) is 0 Å². The van der Waals surface area contributed by atoms with Gasteiger partial charge in [-0.3, -0.25) is 4.79 Å². The van der Waals surface area contributed by atoms with E-state index >= 15 is 0 Å². The summed E-state index contributed by atoms with van der Waals surface area (Å²) in [5.74, 6) is 0.123. The van der Waals surface area contributed by atoms with Crippen molar-refractivity contribution >= 4 is 5.91 Å². The predicted molar refractivity (Wildman–Crippen MR) is 71.4 cm³/mol. The Kier molecular flexibility index (Phi) is 4.28. The molecule has 1 saturated carbocycles. The van der Waals surface area contributed by atoms with Crippen LogP contribution in [0.1, 0.15) is 39.5 Å². The molecule has 1 aliphatic carbocycles. The summed E-state index contributed by atoms with van der Waals surface area (Å²) in [7, 11) is 1.57. The summed E-state index contributed by atoms with van der Waals surface area (Å²) in [5, 5.41) is 3.74. The molecule has 4 nitrogen and oxygen atoms in total. The standard InChI is InChI=1S/C14H26N2O2/c1-11(14(2)6-7-14)15-12-4-8-16(9-5-12)13(17)10-18-3/h11-12,15H,4-10H2,1-3H3. The van der Waals surface area contributed by atoms with E-state index in [1.54, 1.807) is 7.11 Å². The van der Waals surface area contributed by atoms with Gasteiger partial charge < -0.3 is 15.0 Å². The first-order chi connectivity index (χ1) is 8.55. The van der Waals surface area contributed by atoms with Gasteiger partial charge in [0, 0.05) is 32.3 Å². The molecule has 1 N–H and O–H groups in total. The van der Waals surface area contributed by atoms with Crippen LogP contribution in [0.25, 0.3) is 0 Å². The Bertz CT molecular complexity index is 294. The lowest BCUT2D eigenvalue weighted by Crippen LogP contribution is -2.49. The number of hydrogen-bond donors (Lipinski definition) is 1. The Morgan fingerprint density at radius 2 is 2.06 bits per heavy atom. The van der Waals surface area contributed by atoms with Gasteiger partial charge >= 0.3 is 0 Å².